The van der Waals surface area contributed by atoms with Gasteiger partial charge in [-0.1, -0.05) is 102 Å². The lowest BCUT2D eigenvalue weighted by Gasteiger charge is -2.10. The summed E-state index contributed by atoms with van der Waals surface area (Å²) < 4.78 is 129. The average Bonchev–Trinajstić information content (AvgIpc) is 1.71. The number of benzene rings is 8. The fourth-order valence-corrected chi connectivity index (χ4v) is 13.8. The Balaban J connectivity index is 0.000000150. The second-order valence-corrected chi connectivity index (χ2v) is 28.6. The Kier molecular flexibility index (Phi) is 35.8. The predicted molar refractivity (Wildman–Crippen MR) is 435 cm³/mol. The van der Waals surface area contributed by atoms with Gasteiger partial charge in [0.25, 0.3) is 0 Å². The van der Waals surface area contributed by atoms with Crippen molar-refractivity contribution in [2.24, 2.45) is 0 Å². The third kappa shape index (κ3) is 25.5. The van der Waals surface area contributed by atoms with Crippen LogP contribution in [0.2, 0.25) is 30.1 Å². The maximum atomic E-state index is 12.1. The zero-order chi connectivity index (χ0) is 83.3. The van der Waals surface area contributed by atoms with E-state index in [0.717, 1.165) is 81.7 Å². The van der Waals surface area contributed by atoms with E-state index in [0.29, 0.717) is 136 Å². The van der Waals surface area contributed by atoms with E-state index < -0.39 is 70.2 Å². The highest BCUT2D eigenvalue weighted by atomic mass is 35.5. The van der Waals surface area contributed by atoms with E-state index in [1.807, 2.05) is 71.0 Å². The molecule has 0 saturated heterocycles. The molecule has 8 aliphatic heterocycles. The molecule has 0 bridgehead atoms. The second kappa shape index (κ2) is 44.5. The van der Waals surface area contributed by atoms with Crippen molar-refractivity contribution in [2.75, 3.05) is 33.5 Å². The van der Waals surface area contributed by atoms with Crippen molar-refractivity contribution in [3.8, 4) is 46.0 Å². The first-order valence-electron chi connectivity index (χ1n) is 36.2. The number of rotatable bonds is 18. The fourth-order valence-electron chi connectivity index (χ4n) is 12.4. The molecule has 0 fully saturated rings. The van der Waals surface area contributed by atoms with Gasteiger partial charge in [-0.15, -0.1) is 0 Å². The van der Waals surface area contributed by atoms with Crippen LogP contribution in [0.3, 0.4) is 0 Å². The molecule has 0 atom stereocenters. The first-order chi connectivity index (χ1) is 55.0. The molecule has 0 aliphatic carbocycles. The highest BCUT2D eigenvalue weighted by Crippen LogP contribution is 2.31. The van der Waals surface area contributed by atoms with E-state index in [-0.39, 0.29) is 51.8 Å². The summed E-state index contributed by atoms with van der Waals surface area (Å²) in [5.74, 6) is 3.74. The molecule has 0 spiro atoms. The molecule has 8 N–H and O–H groups in total. The summed E-state index contributed by atoms with van der Waals surface area (Å²) in [6, 6.07) is 30.9. The maximum absolute atomic E-state index is 12.1. The summed E-state index contributed by atoms with van der Waals surface area (Å²) in [5, 5.41) is 78.8. The van der Waals surface area contributed by atoms with Crippen molar-refractivity contribution in [3.63, 3.8) is 0 Å². The maximum Gasteiger partial charge on any atom is 0.495 e. The van der Waals surface area contributed by atoms with Gasteiger partial charge in [-0.05, 0) is 193 Å². The smallest absolute Gasteiger partial charge is 0.495 e. The van der Waals surface area contributed by atoms with Crippen LogP contribution >= 0.6 is 69.6 Å². The zero-order valence-corrected chi connectivity index (χ0v) is 67.8. The molecule has 0 amide bonds. The Bertz CT molecular complexity index is 4430. The Morgan fingerprint density at radius 3 is 0.930 bits per heavy atom. The lowest BCUT2D eigenvalue weighted by Crippen LogP contribution is -2.30. The van der Waals surface area contributed by atoms with Crippen molar-refractivity contribution in [2.45, 2.75) is 133 Å². The number of unbranched alkanes of at least 4 members (excludes halogenated alkanes) is 1. The number of hydrogen-bond acceptors (Lipinski definition) is 24. The Hall–Kier alpha value is -6.50. The van der Waals surface area contributed by atoms with Gasteiger partial charge in [0.15, 0.2) is 0 Å². The van der Waals surface area contributed by atoms with E-state index in [2.05, 4.69) is 16.4 Å². The largest absolute Gasteiger partial charge is 0.497 e. The third-order valence-corrected chi connectivity index (χ3v) is 18.7. The Morgan fingerprint density at radius 2 is 0.617 bits per heavy atom. The van der Waals surface area contributed by atoms with Crippen LogP contribution in [0.1, 0.15) is 105 Å². The van der Waals surface area contributed by atoms with Gasteiger partial charge in [0, 0.05) is 62.9 Å². The number of halogens is 10. The molecule has 16 rings (SSSR count). The van der Waals surface area contributed by atoms with E-state index in [4.69, 9.17) is 135 Å². The van der Waals surface area contributed by atoms with Gasteiger partial charge in [0.1, 0.15) is 46.0 Å². The molecule has 24 nitrogen and oxygen atoms in total. The molecule has 8 heterocycles. The van der Waals surface area contributed by atoms with Gasteiger partial charge in [-0.2, -0.15) is 17.6 Å². The van der Waals surface area contributed by atoms with Crippen molar-refractivity contribution < 1.29 is 133 Å². The lowest BCUT2D eigenvalue weighted by atomic mass is 9.79. The van der Waals surface area contributed by atoms with Crippen molar-refractivity contribution in [1.29, 1.82) is 0 Å². The minimum Gasteiger partial charge on any atom is -0.497 e. The summed E-state index contributed by atoms with van der Waals surface area (Å²) in [6.07, 6.45) is 3.23. The van der Waals surface area contributed by atoms with Crippen LogP contribution in [0.4, 0.5) is 17.6 Å². The molecule has 0 saturated carbocycles. The first-order valence-corrected chi connectivity index (χ1v) is 38.5. The molecule has 8 aromatic rings. The number of ether oxygens (including phenoxy) is 8. The van der Waals surface area contributed by atoms with Crippen LogP contribution < -0.4 is 81.6 Å². The topological polar surface area (TPSA) is 310 Å². The average molecular weight is 1720 g/mol. The highest BCUT2D eigenvalue weighted by molar-refractivity contribution is 6.66. The SMILES string of the molecule is CC(C)Oc1ccc2c(c1)B(O)OC2.CCCCOc1ccc2c(c1)B(O)OC2.CCCOc1cc(Cl)cc2c1B(O)OC2.CCOc1cc(Cl)cc2c1B(O)OC2.CCOc1cc(Cl)cc2c1B(O)OC2.COc1cc(Cl)cc2c1B(O)OC2.OB1OCc2cc(Cl)cc(OC(F)F)c21.OB1OCc2cc(Cl)cc(OC(F)F)c21. The molecule has 610 valence electrons. The van der Waals surface area contributed by atoms with Gasteiger partial charge in [-0.25, -0.2) is 0 Å². The van der Waals surface area contributed by atoms with E-state index >= 15 is 0 Å². The Morgan fingerprint density at radius 1 is 0.330 bits per heavy atom. The summed E-state index contributed by atoms with van der Waals surface area (Å²) in [6.45, 7) is 11.2. The molecule has 0 aromatic heterocycles. The quantitative estimate of drug-likeness (QED) is 0.0230. The van der Waals surface area contributed by atoms with E-state index in [1.54, 1.807) is 60.7 Å². The third-order valence-electron chi connectivity index (χ3n) is 17.4. The lowest BCUT2D eigenvalue weighted by molar-refractivity contribution is -0.0499. The minimum absolute atomic E-state index is 0.136. The molecule has 8 aromatic carbocycles. The second-order valence-electron chi connectivity index (χ2n) is 25.9. The van der Waals surface area contributed by atoms with Crippen LogP contribution in [0.15, 0.2) is 109 Å². The van der Waals surface area contributed by atoms with Crippen LogP contribution in [-0.2, 0) is 90.1 Å². The predicted octanol–water partition coefficient (Wildman–Crippen LogP) is 7.92. The highest BCUT2D eigenvalue weighted by Gasteiger charge is 2.38. The van der Waals surface area contributed by atoms with Gasteiger partial charge in [0.05, 0.1) is 92.5 Å². The molecule has 8 aliphatic rings. The van der Waals surface area contributed by atoms with Gasteiger partial charge in [0.2, 0.25) is 0 Å². The van der Waals surface area contributed by atoms with Crippen LogP contribution in [0.25, 0.3) is 0 Å². The molecule has 115 heavy (non-hydrogen) atoms. The summed E-state index contributed by atoms with van der Waals surface area (Å²) in [7, 11) is -6.04. The van der Waals surface area contributed by atoms with Crippen molar-refractivity contribution >= 4 is 170 Å². The molecular weight excluding hydrogens is 1640 g/mol. The van der Waals surface area contributed by atoms with E-state index in [1.165, 1.54) is 19.2 Å². The minimum atomic E-state index is -2.96. The first kappa shape index (κ1) is 92.4. The number of alkyl halides is 4. The number of hydrogen-bond donors (Lipinski definition) is 8. The van der Waals surface area contributed by atoms with Crippen LogP contribution in [-0.4, -0.2) is 150 Å². The number of fused-ring (bicyclic) bond motifs is 8. The van der Waals surface area contributed by atoms with Crippen LogP contribution in [0, 0.1) is 0 Å². The van der Waals surface area contributed by atoms with Gasteiger partial charge < -0.3 is 115 Å². The molecule has 0 unspecified atom stereocenters. The molecule has 0 radical (unpaired) electrons. The summed E-state index contributed by atoms with van der Waals surface area (Å²) >= 11 is 35.0. The zero-order valence-electron chi connectivity index (χ0n) is 63.2. The number of methoxy groups -OCH3 is 1. The van der Waals surface area contributed by atoms with Gasteiger partial charge >= 0.3 is 70.2 Å². The van der Waals surface area contributed by atoms with Gasteiger partial charge in [-0.3, -0.25) is 0 Å². The monoisotopic (exact) mass is 1710 g/mol. The Labute approximate surface area is 695 Å². The van der Waals surface area contributed by atoms with Crippen LogP contribution in [0.5, 0.6) is 46.0 Å². The van der Waals surface area contributed by atoms with Crippen molar-refractivity contribution in [1.82, 2.24) is 0 Å². The fraction of sp³-hybridized carbons (Fsp3) is 0.342. The summed E-state index contributed by atoms with van der Waals surface area (Å²) in [5.41, 5.74) is 11.7. The standard InChI is InChI=1S/C11H15BO3.C10H12BClO3.C10H13BO3.2C9H10BClO3.2C8H6BClF2O3.C8H8BClO3/c1-2-3-6-14-10-5-4-9-8-15-12(13)11(9)7-10;1-2-3-14-9-5-8(12)4-7-6-15-11(13)10(7)9;1-7(2)14-9-4-3-8-6-13-11(12)10(8)5-9;2*1-2-13-8-4-7(11)3-6-5-14-10(12)9(6)8;2*10-5-1-4-3-14-9(13)7(4)6(2-5)15-8(11)12;1-12-7-3-6(10)2-5-4-13-9(11)8(5)7/h4-5,7,13H,2-3,6,8H2,1H3;4-5,13H,2-3,6H2,1H3;3-5,7,12H,6H2,1-2H3;2*3-4,12H,2,5H2,1H3;2*1-2,8,13H,3H2;2-3,11H,4H2,1H3. The normalized spacial score (nSPS) is 14.4. The molecular formula is C73H80B8Cl6F4O24. The summed E-state index contributed by atoms with van der Waals surface area (Å²) in [4.78, 5) is 0. The van der Waals surface area contributed by atoms with Crippen molar-refractivity contribution in [3.05, 3.63) is 184 Å². The van der Waals surface area contributed by atoms with E-state index in [9.17, 15) is 57.8 Å². The molecule has 42 heteroatoms.